The zero-order valence-electron chi connectivity index (χ0n) is 14.8. The van der Waals surface area contributed by atoms with Gasteiger partial charge in [-0.1, -0.05) is 20.3 Å². The molecule has 0 saturated heterocycles. The monoisotopic (exact) mass is 310 g/mol. The van der Waals surface area contributed by atoms with E-state index in [2.05, 4.69) is 35.2 Å². The Morgan fingerprint density at radius 3 is 2.64 bits per heavy atom. The molecule has 0 aromatic rings. The quantitative estimate of drug-likeness (QED) is 0.362. The Hall–Kier alpha value is -0.0100. The summed E-state index contributed by atoms with van der Waals surface area (Å²) in [6.45, 7) is -1.22. The molecule has 0 unspecified atom stereocenters. The summed E-state index contributed by atoms with van der Waals surface area (Å²) >= 11 is 2.23. The van der Waals surface area contributed by atoms with Crippen molar-refractivity contribution >= 4 is 22.6 Å². The Bertz CT molecular complexity index is 392. The van der Waals surface area contributed by atoms with Crippen molar-refractivity contribution in [3.05, 3.63) is 26.5 Å². The van der Waals surface area contributed by atoms with E-state index in [0.717, 1.165) is 34.8 Å². The highest BCUT2D eigenvalue weighted by atomic mass is 127. The number of unbranched alkanes of at least 4 members (excludes halogenated alkanes) is 1. The molecule has 0 atom stereocenters. The van der Waals surface area contributed by atoms with Gasteiger partial charge in [0.15, 0.2) is 0 Å². The zero-order valence-corrected chi connectivity index (χ0v) is 10.9. The molecular weight excluding hydrogens is 283 g/mol. The molecule has 0 aliphatic heterocycles. The summed E-state index contributed by atoms with van der Waals surface area (Å²) in [6.07, 6.45) is 5.31. The van der Waals surface area contributed by atoms with E-state index in [1.165, 1.54) is 6.08 Å². The molecule has 0 N–H and O–H groups in total. The maximum absolute atomic E-state index is 7.30. The van der Waals surface area contributed by atoms with E-state index in [0.29, 0.717) is 0 Å². The van der Waals surface area contributed by atoms with Crippen LogP contribution in [0.4, 0.5) is 0 Å². The molecule has 0 radical (unpaired) electrons. The Balaban J connectivity index is 5.61. The van der Waals surface area contributed by atoms with Crippen LogP contribution in [-0.2, 0) is 0 Å². The average molecular weight is 310 g/mol. The van der Waals surface area contributed by atoms with Gasteiger partial charge in [-0.2, -0.15) is 0 Å². The Labute approximate surface area is 111 Å². The predicted octanol–water partition coefficient (Wildman–Crippen LogP) is 5.40. The second kappa shape index (κ2) is 8.31. The lowest BCUT2D eigenvalue weighted by Gasteiger charge is -2.02. The predicted molar refractivity (Wildman–Crippen MR) is 73.8 cm³/mol. The summed E-state index contributed by atoms with van der Waals surface area (Å²) in [5.41, 5.74) is 2.86. The molecule has 80 valence electrons. The van der Waals surface area contributed by atoms with E-state index in [-0.39, 0.29) is 0 Å². The Morgan fingerprint density at radius 2 is 2.14 bits per heavy atom. The second-order valence-corrected chi connectivity index (χ2v) is 4.35. The first-order chi connectivity index (χ1) is 9.04. The standard InChI is InChI=1S/C13H21I/c1-5-7-8-13(14)12(6-2)10-9-11(3)4/h10H,5-8H2,1-4H3/b13-12-/i3D3,4D3. The van der Waals surface area contributed by atoms with Gasteiger partial charge in [0.25, 0.3) is 0 Å². The van der Waals surface area contributed by atoms with Crippen molar-refractivity contribution < 1.29 is 8.22 Å². The van der Waals surface area contributed by atoms with Crippen molar-refractivity contribution in [2.75, 3.05) is 0 Å². The first-order valence-electron chi connectivity index (χ1n) is 7.89. The largest absolute Gasteiger partial charge is 0.122 e. The number of allylic oxidation sites excluding steroid dienone is 3. The molecule has 0 fully saturated rings. The molecule has 0 amide bonds. The van der Waals surface area contributed by atoms with E-state index < -0.39 is 19.3 Å². The van der Waals surface area contributed by atoms with E-state index in [4.69, 9.17) is 8.22 Å². The molecule has 0 spiro atoms. The first kappa shape index (κ1) is 6.55. The molecule has 0 aromatic heterocycles. The molecular formula is C13H21I. The SMILES string of the molecule is [2H]C([2H])([2H])C(=C=C/C(CC)=C(\I)CCCC)C([2H])([2H])[2H]. The van der Waals surface area contributed by atoms with E-state index in [9.17, 15) is 0 Å². The van der Waals surface area contributed by atoms with Crippen molar-refractivity contribution in [3.8, 4) is 0 Å². The number of halogens is 1. The fourth-order valence-corrected chi connectivity index (χ4v) is 1.94. The van der Waals surface area contributed by atoms with Crippen molar-refractivity contribution in [3.63, 3.8) is 0 Å². The van der Waals surface area contributed by atoms with Gasteiger partial charge in [0.2, 0.25) is 0 Å². The van der Waals surface area contributed by atoms with Crippen LogP contribution < -0.4 is 0 Å². The van der Waals surface area contributed by atoms with Crippen LogP contribution in [0.3, 0.4) is 0 Å². The number of rotatable bonds is 5. The van der Waals surface area contributed by atoms with Crippen LogP contribution >= 0.6 is 22.6 Å². The van der Waals surface area contributed by atoms with Gasteiger partial charge in [-0.25, -0.2) is 0 Å². The second-order valence-electron chi connectivity index (χ2n) is 3.05. The Morgan fingerprint density at radius 1 is 1.43 bits per heavy atom. The summed E-state index contributed by atoms with van der Waals surface area (Å²) in [7, 11) is 0. The highest BCUT2D eigenvalue weighted by Crippen LogP contribution is 2.22. The van der Waals surface area contributed by atoms with Gasteiger partial charge in [0.1, 0.15) is 0 Å². The minimum atomic E-state index is -2.64. The summed E-state index contributed by atoms with van der Waals surface area (Å²) in [5.74, 6) is 0. The molecule has 0 nitrogen and oxygen atoms in total. The van der Waals surface area contributed by atoms with E-state index >= 15 is 0 Å². The summed E-state index contributed by atoms with van der Waals surface area (Å²) < 4.78 is 44.9. The minimum Gasteiger partial charge on any atom is -0.122 e. The highest BCUT2D eigenvalue weighted by Gasteiger charge is 1.97. The van der Waals surface area contributed by atoms with Crippen LogP contribution in [0.2, 0.25) is 0 Å². The van der Waals surface area contributed by atoms with Crippen LogP contribution in [0.15, 0.2) is 26.5 Å². The van der Waals surface area contributed by atoms with Gasteiger partial charge in [0, 0.05) is 8.22 Å². The molecule has 0 bridgehead atoms. The fourth-order valence-electron chi connectivity index (χ4n) is 1.02. The fraction of sp³-hybridized carbons (Fsp3) is 0.615. The van der Waals surface area contributed by atoms with Crippen LogP contribution in [0.1, 0.15) is 61.5 Å². The summed E-state index contributed by atoms with van der Waals surface area (Å²) in [4.78, 5) is 0. The number of hydrogen-bond acceptors (Lipinski definition) is 0. The topological polar surface area (TPSA) is 0 Å². The maximum Gasteiger partial charge on any atom is 0.0283 e. The molecule has 0 rings (SSSR count). The zero-order chi connectivity index (χ0) is 16.0. The minimum absolute atomic E-state index is 0.601. The summed E-state index contributed by atoms with van der Waals surface area (Å²) in [5, 5.41) is 0. The van der Waals surface area contributed by atoms with Crippen molar-refractivity contribution in [1.29, 1.82) is 0 Å². The average Bonchev–Trinajstić information content (AvgIpc) is 2.28. The third kappa shape index (κ3) is 6.44. The maximum atomic E-state index is 7.30. The lowest BCUT2D eigenvalue weighted by atomic mass is 10.1. The summed E-state index contributed by atoms with van der Waals surface area (Å²) in [6, 6.07) is 0. The van der Waals surface area contributed by atoms with Crippen molar-refractivity contribution in [2.45, 2.75) is 53.2 Å². The Kier molecular flexibility index (Phi) is 3.89. The molecule has 0 aliphatic carbocycles. The van der Waals surface area contributed by atoms with Gasteiger partial charge in [-0.3, -0.25) is 0 Å². The highest BCUT2D eigenvalue weighted by molar-refractivity contribution is 14.1. The van der Waals surface area contributed by atoms with Gasteiger partial charge in [-0.05, 0) is 76.4 Å². The molecule has 0 aromatic carbocycles. The molecule has 0 saturated carbocycles. The van der Waals surface area contributed by atoms with Gasteiger partial charge in [-0.15, -0.1) is 5.73 Å². The van der Waals surface area contributed by atoms with Crippen LogP contribution in [0.25, 0.3) is 0 Å². The van der Waals surface area contributed by atoms with Crippen LogP contribution in [0.5, 0.6) is 0 Å². The molecule has 14 heavy (non-hydrogen) atoms. The first-order valence-corrected chi connectivity index (χ1v) is 5.97. The lowest BCUT2D eigenvalue weighted by Crippen LogP contribution is -1.82. The van der Waals surface area contributed by atoms with E-state index in [1.807, 2.05) is 6.92 Å². The molecule has 0 heterocycles. The lowest BCUT2D eigenvalue weighted by molar-refractivity contribution is 0.806. The normalized spacial score (nSPS) is 19.9. The van der Waals surface area contributed by atoms with Crippen molar-refractivity contribution in [1.82, 2.24) is 0 Å². The van der Waals surface area contributed by atoms with E-state index in [1.54, 1.807) is 0 Å². The van der Waals surface area contributed by atoms with Gasteiger partial charge in [0.05, 0.1) is 0 Å². The van der Waals surface area contributed by atoms with Gasteiger partial charge < -0.3 is 0 Å². The third-order valence-electron chi connectivity index (χ3n) is 1.87. The van der Waals surface area contributed by atoms with Gasteiger partial charge >= 0.3 is 0 Å². The smallest absolute Gasteiger partial charge is 0.0283 e. The molecule has 0 aliphatic rings. The van der Waals surface area contributed by atoms with Crippen LogP contribution in [0, 0.1) is 0 Å². The third-order valence-corrected chi connectivity index (χ3v) is 3.10. The van der Waals surface area contributed by atoms with Crippen molar-refractivity contribution in [2.24, 2.45) is 0 Å². The van der Waals surface area contributed by atoms with Crippen LogP contribution in [-0.4, -0.2) is 0 Å². The molecule has 1 heteroatoms. The number of hydrogen-bond donors (Lipinski definition) is 0.